The number of aromatic nitrogens is 4. The van der Waals surface area contributed by atoms with Gasteiger partial charge in [-0.1, -0.05) is 97.1 Å². The second-order valence-corrected chi connectivity index (χ2v) is 13.2. The molecule has 0 aliphatic heterocycles. The predicted octanol–water partition coefficient (Wildman–Crippen LogP) is 11.6. The summed E-state index contributed by atoms with van der Waals surface area (Å²) in [5, 5.41) is 12.6. The molecule has 4 heteroatoms. The van der Waals surface area contributed by atoms with Crippen molar-refractivity contribution in [3.8, 4) is 11.4 Å². The predicted molar refractivity (Wildman–Crippen MR) is 205 cm³/mol. The highest BCUT2D eigenvalue weighted by Crippen LogP contribution is 2.47. The first-order valence-electron chi connectivity index (χ1n) is 16.8. The summed E-state index contributed by atoms with van der Waals surface area (Å²) in [6, 6.07) is 55.4. The van der Waals surface area contributed by atoms with Gasteiger partial charge in [-0.15, -0.1) is 0 Å². The topological polar surface area (TPSA) is 27.2 Å². The first-order valence-corrected chi connectivity index (χ1v) is 16.8. The normalized spacial score (nSPS) is 12.5. The van der Waals surface area contributed by atoms with Gasteiger partial charge in [0.15, 0.2) is 0 Å². The van der Waals surface area contributed by atoms with Crippen LogP contribution in [0.5, 0.6) is 0 Å². The van der Waals surface area contributed by atoms with Crippen molar-refractivity contribution < 1.29 is 0 Å². The standard InChI is InChI=1S/C45H26N4/c1-2-14-30-27(11-1)22-23-35-41-40(26-36-32-16-4-7-20-38(32)49-39-21-8-5-17-34(39)42(41)44(36)49)47(43(30)35)28-12-9-13-29(25-28)48-37-19-6-3-15-31(37)33-18-10-24-46-45(33)48/h1-26H. The van der Waals surface area contributed by atoms with E-state index in [1.165, 1.54) is 76.1 Å². The lowest BCUT2D eigenvalue weighted by Gasteiger charge is -2.13. The lowest BCUT2D eigenvalue weighted by Crippen LogP contribution is -1.99. The van der Waals surface area contributed by atoms with Crippen LogP contribution in [0.4, 0.5) is 0 Å². The van der Waals surface area contributed by atoms with Gasteiger partial charge < -0.3 is 8.97 Å². The summed E-state index contributed by atoms with van der Waals surface area (Å²) in [5.74, 6) is 0. The third-order valence-corrected chi connectivity index (χ3v) is 10.8. The summed E-state index contributed by atoms with van der Waals surface area (Å²) >= 11 is 0. The van der Waals surface area contributed by atoms with Gasteiger partial charge in [-0.3, -0.25) is 4.57 Å². The average molecular weight is 623 g/mol. The van der Waals surface area contributed by atoms with E-state index in [0.29, 0.717) is 0 Å². The van der Waals surface area contributed by atoms with Crippen molar-refractivity contribution in [1.29, 1.82) is 0 Å². The lowest BCUT2D eigenvalue weighted by atomic mass is 10.0. The second kappa shape index (κ2) is 9.03. The molecule has 49 heavy (non-hydrogen) atoms. The van der Waals surface area contributed by atoms with Gasteiger partial charge in [-0.25, -0.2) is 4.98 Å². The second-order valence-electron chi connectivity index (χ2n) is 13.2. The van der Waals surface area contributed by atoms with Gasteiger partial charge in [-0.2, -0.15) is 0 Å². The average Bonchev–Trinajstić information content (AvgIpc) is 3.89. The van der Waals surface area contributed by atoms with Crippen LogP contribution in [0.2, 0.25) is 0 Å². The molecule has 0 aliphatic carbocycles. The molecule has 0 N–H and O–H groups in total. The van der Waals surface area contributed by atoms with Gasteiger partial charge in [0.05, 0.1) is 33.1 Å². The Balaban J connectivity index is 1.29. The number of nitrogens with zero attached hydrogens (tertiary/aromatic N) is 4. The highest BCUT2D eigenvalue weighted by atomic mass is 15.1. The maximum Gasteiger partial charge on any atom is 0.145 e. The van der Waals surface area contributed by atoms with Crippen LogP contribution >= 0.6 is 0 Å². The van der Waals surface area contributed by atoms with Crippen molar-refractivity contribution in [2.75, 3.05) is 0 Å². The van der Waals surface area contributed by atoms with E-state index in [2.05, 4.69) is 159 Å². The number of fused-ring (bicyclic) bond motifs is 15. The van der Waals surface area contributed by atoms with Crippen molar-refractivity contribution >= 4 is 92.6 Å². The Kier molecular flexibility index (Phi) is 4.69. The van der Waals surface area contributed by atoms with Crippen molar-refractivity contribution in [3.63, 3.8) is 0 Å². The van der Waals surface area contributed by atoms with E-state index in [1.54, 1.807) is 0 Å². The summed E-state index contributed by atoms with van der Waals surface area (Å²) in [7, 11) is 0. The zero-order chi connectivity index (χ0) is 31.8. The van der Waals surface area contributed by atoms with E-state index < -0.39 is 0 Å². The molecular weight excluding hydrogens is 597 g/mol. The van der Waals surface area contributed by atoms with Crippen LogP contribution in [0.15, 0.2) is 158 Å². The SMILES string of the molecule is c1cc(-n2c3ccccc3c3cccnc32)cc(-n2c3cc4c5ccccc5n5c6ccccc6c(c3c3ccc6ccccc6c32)c45)c1. The molecule has 4 nitrogen and oxygen atoms in total. The van der Waals surface area contributed by atoms with E-state index >= 15 is 0 Å². The zero-order valence-corrected chi connectivity index (χ0v) is 26.3. The van der Waals surface area contributed by atoms with Gasteiger partial charge in [-0.05, 0) is 60.0 Å². The molecule has 0 aliphatic rings. The summed E-state index contributed by atoms with van der Waals surface area (Å²) in [5.41, 5.74) is 10.6. The van der Waals surface area contributed by atoms with Crippen LogP contribution in [-0.2, 0) is 0 Å². The van der Waals surface area contributed by atoms with Gasteiger partial charge in [0.25, 0.3) is 0 Å². The maximum atomic E-state index is 4.89. The molecule has 0 saturated heterocycles. The van der Waals surface area contributed by atoms with Crippen LogP contribution in [0.1, 0.15) is 0 Å². The zero-order valence-electron chi connectivity index (χ0n) is 26.3. The monoisotopic (exact) mass is 622 g/mol. The Morgan fingerprint density at radius 1 is 0.367 bits per heavy atom. The molecule has 5 aromatic heterocycles. The number of para-hydroxylation sites is 3. The molecule has 0 bridgehead atoms. The molecule has 226 valence electrons. The summed E-state index contributed by atoms with van der Waals surface area (Å²) in [6.45, 7) is 0. The number of hydrogen-bond acceptors (Lipinski definition) is 1. The molecule has 5 heterocycles. The van der Waals surface area contributed by atoms with E-state index in [0.717, 1.165) is 27.9 Å². The minimum absolute atomic E-state index is 0.966. The van der Waals surface area contributed by atoms with E-state index in [-0.39, 0.29) is 0 Å². The largest absolute Gasteiger partial charge is 0.308 e. The minimum atomic E-state index is 0.966. The van der Waals surface area contributed by atoms with E-state index in [1.807, 2.05) is 12.3 Å². The summed E-state index contributed by atoms with van der Waals surface area (Å²) < 4.78 is 7.30. The summed E-state index contributed by atoms with van der Waals surface area (Å²) in [4.78, 5) is 4.89. The number of rotatable bonds is 2. The Morgan fingerprint density at radius 3 is 1.86 bits per heavy atom. The van der Waals surface area contributed by atoms with Crippen LogP contribution in [0, 0.1) is 0 Å². The smallest absolute Gasteiger partial charge is 0.145 e. The van der Waals surface area contributed by atoms with Crippen LogP contribution in [0.25, 0.3) is 104 Å². The molecule has 0 radical (unpaired) electrons. The van der Waals surface area contributed by atoms with Crippen molar-refractivity contribution in [2.45, 2.75) is 0 Å². The number of pyridine rings is 1. The molecule has 0 amide bonds. The molecule has 12 aromatic rings. The molecule has 7 aromatic carbocycles. The Morgan fingerprint density at radius 2 is 1.02 bits per heavy atom. The molecule has 0 atom stereocenters. The fourth-order valence-corrected chi connectivity index (χ4v) is 8.87. The highest BCUT2D eigenvalue weighted by molar-refractivity contribution is 6.37. The quantitative estimate of drug-likeness (QED) is 0.188. The first-order chi connectivity index (χ1) is 24.3. The van der Waals surface area contributed by atoms with E-state index in [4.69, 9.17) is 4.98 Å². The van der Waals surface area contributed by atoms with Crippen molar-refractivity contribution in [3.05, 3.63) is 158 Å². The number of hydrogen-bond donors (Lipinski definition) is 0. The Labute approximate surface area is 279 Å². The fraction of sp³-hybridized carbons (Fsp3) is 0. The molecule has 0 spiro atoms. The molecule has 0 unspecified atom stereocenters. The van der Waals surface area contributed by atoms with Crippen molar-refractivity contribution in [1.82, 2.24) is 18.5 Å². The summed E-state index contributed by atoms with van der Waals surface area (Å²) in [6.07, 6.45) is 1.89. The van der Waals surface area contributed by atoms with E-state index in [9.17, 15) is 0 Å². The van der Waals surface area contributed by atoms with Crippen molar-refractivity contribution in [2.24, 2.45) is 0 Å². The molecular formula is C45H26N4. The van der Waals surface area contributed by atoms with Gasteiger partial charge in [0.1, 0.15) is 5.65 Å². The number of benzene rings is 7. The lowest BCUT2D eigenvalue weighted by molar-refractivity contribution is 1.11. The molecule has 0 saturated carbocycles. The van der Waals surface area contributed by atoms with Crippen LogP contribution in [0.3, 0.4) is 0 Å². The van der Waals surface area contributed by atoms with Crippen LogP contribution in [-0.4, -0.2) is 18.5 Å². The van der Waals surface area contributed by atoms with Crippen LogP contribution < -0.4 is 0 Å². The first kappa shape index (κ1) is 25.4. The molecule has 12 rings (SSSR count). The fourth-order valence-electron chi connectivity index (χ4n) is 8.87. The molecule has 0 fully saturated rings. The van der Waals surface area contributed by atoms with Gasteiger partial charge >= 0.3 is 0 Å². The minimum Gasteiger partial charge on any atom is -0.308 e. The third kappa shape index (κ3) is 3.12. The maximum absolute atomic E-state index is 4.89. The Hall–Kier alpha value is -6.65. The van der Waals surface area contributed by atoms with Gasteiger partial charge in [0.2, 0.25) is 0 Å². The highest BCUT2D eigenvalue weighted by Gasteiger charge is 2.25. The Bertz CT molecular complexity index is 3280. The third-order valence-electron chi connectivity index (χ3n) is 10.8. The van der Waals surface area contributed by atoms with Gasteiger partial charge in [0, 0.05) is 66.0 Å².